The number of nitrogens with zero attached hydrogens (tertiary/aromatic N) is 1. The highest BCUT2D eigenvalue weighted by Gasteiger charge is 2.12. The largest absolute Gasteiger partial charge is 0.390 e. The Hall–Kier alpha value is -0.250. The lowest BCUT2D eigenvalue weighted by atomic mass is 10.1. The van der Waals surface area contributed by atoms with E-state index in [1.807, 2.05) is 12.1 Å². The summed E-state index contributed by atoms with van der Waals surface area (Å²) in [7, 11) is 0. The van der Waals surface area contributed by atoms with E-state index in [2.05, 4.69) is 4.98 Å². The van der Waals surface area contributed by atoms with Gasteiger partial charge in [0, 0.05) is 11.9 Å². The van der Waals surface area contributed by atoms with Crippen molar-refractivity contribution >= 4 is 23.4 Å². The molecule has 0 atom stereocenters. The van der Waals surface area contributed by atoms with Crippen molar-refractivity contribution < 1.29 is 5.11 Å². The molecule has 1 heterocycles. The zero-order valence-electron chi connectivity index (χ0n) is 8.33. The standard InChI is InChI=1S/C10H14ClNOS/c1-10(2,13)5-7-14-9-8(11)4-3-6-12-9/h3-4,6,13H,5,7H2,1-2H3. The molecule has 0 aliphatic carbocycles. The summed E-state index contributed by atoms with van der Waals surface area (Å²) in [6.07, 6.45) is 2.45. The molecular weight excluding hydrogens is 218 g/mol. The van der Waals surface area contributed by atoms with E-state index in [9.17, 15) is 5.11 Å². The van der Waals surface area contributed by atoms with E-state index in [1.165, 1.54) is 0 Å². The summed E-state index contributed by atoms with van der Waals surface area (Å²) in [5, 5.41) is 11.0. The first-order valence-electron chi connectivity index (χ1n) is 4.45. The summed E-state index contributed by atoms with van der Waals surface area (Å²) in [5.74, 6) is 0.820. The summed E-state index contributed by atoms with van der Waals surface area (Å²) in [5.41, 5.74) is -0.617. The average Bonchev–Trinajstić information content (AvgIpc) is 2.06. The van der Waals surface area contributed by atoms with Gasteiger partial charge in [0.25, 0.3) is 0 Å². The van der Waals surface area contributed by atoms with Crippen LogP contribution in [-0.2, 0) is 0 Å². The van der Waals surface area contributed by atoms with Crippen molar-refractivity contribution in [1.29, 1.82) is 0 Å². The van der Waals surface area contributed by atoms with Crippen LogP contribution in [-0.4, -0.2) is 21.4 Å². The van der Waals surface area contributed by atoms with Crippen molar-refractivity contribution in [3.63, 3.8) is 0 Å². The van der Waals surface area contributed by atoms with E-state index in [-0.39, 0.29) is 0 Å². The molecule has 0 fully saturated rings. The maximum absolute atomic E-state index is 9.50. The third-order valence-corrected chi connectivity index (χ3v) is 3.10. The highest BCUT2D eigenvalue weighted by molar-refractivity contribution is 7.99. The summed E-state index contributed by atoms with van der Waals surface area (Å²) in [6.45, 7) is 3.60. The molecule has 0 unspecified atom stereocenters. The highest BCUT2D eigenvalue weighted by Crippen LogP contribution is 2.26. The average molecular weight is 232 g/mol. The molecule has 1 N–H and O–H groups in total. The quantitative estimate of drug-likeness (QED) is 0.809. The number of rotatable bonds is 4. The van der Waals surface area contributed by atoms with Crippen molar-refractivity contribution in [2.45, 2.75) is 30.9 Å². The maximum atomic E-state index is 9.50. The Balaban J connectivity index is 2.43. The van der Waals surface area contributed by atoms with E-state index >= 15 is 0 Å². The fourth-order valence-corrected chi connectivity index (χ4v) is 2.30. The minimum atomic E-state index is -0.617. The SMILES string of the molecule is CC(C)(O)CCSc1ncccc1Cl. The molecule has 0 aliphatic rings. The first kappa shape index (κ1) is 11.8. The van der Waals surface area contributed by atoms with Gasteiger partial charge in [0.2, 0.25) is 0 Å². The summed E-state index contributed by atoms with van der Waals surface area (Å²) >= 11 is 7.50. The minimum Gasteiger partial charge on any atom is -0.390 e. The van der Waals surface area contributed by atoms with E-state index in [0.29, 0.717) is 5.02 Å². The van der Waals surface area contributed by atoms with Gasteiger partial charge in [0.15, 0.2) is 0 Å². The third kappa shape index (κ3) is 4.31. The van der Waals surface area contributed by atoms with Gasteiger partial charge in [-0.05, 0) is 32.4 Å². The number of pyridine rings is 1. The Morgan fingerprint density at radius 2 is 2.29 bits per heavy atom. The van der Waals surface area contributed by atoms with Crippen LogP contribution in [0.2, 0.25) is 5.02 Å². The van der Waals surface area contributed by atoms with Crippen molar-refractivity contribution in [3.05, 3.63) is 23.4 Å². The van der Waals surface area contributed by atoms with Crippen LogP contribution in [0.1, 0.15) is 20.3 Å². The molecule has 0 aliphatic heterocycles. The summed E-state index contributed by atoms with van der Waals surface area (Å²) < 4.78 is 0. The first-order chi connectivity index (χ1) is 6.49. The molecule has 0 saturated carbocycles. The van der Waals surface area contributed by atoms with Gasteiger partial charge < -0.3 is 5.11 Å². The fraction of sp³-hybridized carbons (Fsp3) is 0.500. The molecule has 0 aromatic carbocycles. The lowest BCUT2D eigenvalue weighted by molar-refractivity contribution is 0.0777. The molecule has 14 heavy (non-hydrogen) atoms. The second-order valence-corrected chi connectivity index (χ2v) is 5.19. The Bertz CT molecular complexity index is 298. The smallest absolute Gasteiger partial charge is 0.115 e. The van der Waals surface area contributed by atoms with Crippen LogP contribution in [0.25, 0.3) is 0 Å². The van der Waals surface area contributed by atoms with Gasteiger partial charge >= 0.3 is 0 Å². The Morgan fingerprint density at radius 1 is 1.57 bits per heavy atom. The number of hydrogen-bond acceptors (Lipinski definition) is 3. The maximum Gasteiger partial charge on any atom is 0.115 e. The summed E-state index contributed by atoms with van der Waals surface area (Å²) in [6, 6.07) is 3.63. The molecule has 0 radical (unpaired) electrons. The Morgan fingerprint density at radius 3 is 2.86 bits per heavy atom. The van der Waals surface area contributed by atoms with Crippen LogP contribution in [0.15, 0.2) is 23.4 Å². The molecule has 2 nitrogen and oxygen atoms in total. The van der Waals surface area contributed by atoms with Crippen LogP contribution in [0.4, 0.5) is 0 Å². The molecule has 1 aromatic heterocycles. The topological polar surface area (TPSA) is 33.1 Å². The molecule has 4 heteroatoms. The van der Waals surface area contributed by atoms with E-state index < -0.39 is 5.60 Å². The molecule has 0 bridgehead atoms. The molecule has 0 saturated heterocycles. The number of aliphatic hydroxyl groups is 1. The van der Waals surface area contributed by atoms with Crippen molar-refractivity contribution in [3.8, 4) is 0 Å². The lowest BCUT2D eigenvalue weighted by Crippen LogP contribution is -2.19. The van der Waals surface area contributed by atoms with E-state index in [4.69, 9.17) is 11.6 Å². The van der Waals surface area contributed by atoms with Crippen molar-refractivity contribution in [2.24, 2.45) is 0 Å². The molecule has 78 valence electrons. The summed E-state index contributed by atoms with van der Waals surface area (Å²) in [4.78, 5) is 4.15. The van der Waals surface area contributed by atoms with Gasteiger partial charge in [-0.15, -0.1) is 11.8 Å². The molecule has 0 spiro atoms. The molecular formula is C10H14ClNOS. The Labute approximate surface area is 93.7 Å². The molecule has 1 aromatic rings. The van der Waals surface area contributed by atoms with Crippen LogP contribution in [0.3, 0.4) is 0 Å². The second-order valence-electron chi connectivity index (χ2n) is 3.70. The van der Waals surface area contributed by atoms with Crippen LogP contribution in [0.5, 0.6) is 0 Å². The lowest BCUT2D eigenvalue weighted by Gasteiger charge is -2.15. The van der Waals surface area contributed by atoms with Crippen LogP contribution in [0, 0.1) is 0 Å². The van der Waals surface area contributed by atoms with E-state index in [0.717, 1.165) is 17.2 Å². The zero-order chi connectivity index (χ0) is 10.6. The van der Waals surface area contributed by atoms with Crippen molar-refractivity contribution in [1.82, 2.24) is 4.98 Å². The number of hydrogen-bond donors (Lipinski definition) is 1. The van der Waals surface area contributed by atoms with Gasteiger partial charge in [-0.3, -0.25) is 0 Å². The molecule has 1 rings (SSSR count). The van der Waals surface area contributed by atoms with Crippen molar-refractivity contribution in [2.75, 3.05) is 5.75 Å². The van der Waals surface area contributed by atoms with Gasteiger partial charge in [-0.25, -0.2) is 4.98 Å². The van der Waals surface area contributed by atoms with Gasteiger partial charge in [-0.1, -0.05) is 11.6 Å². The minimum absolute atomic E-state index is 0.617. The molecule has 0 amide bonds. The number of halogens is 1. The van der Waals surface area contributed by atoms with Gasteiger partial charge in [0.05, 0.1) is 10.6 Å². The first-order valence-corrected chi connectivity index (χ1v) is 5.81. The normalized spacial score (nSPS) is 11.7. The zero-order valence-corrected chi connectivity index (χ0v) is 9.90. The predicted molar refractivity (Wildman–Crippen MR) is 60.9 cm³/mol. The fourth-order valence-electron chi connectivity index (χ4n) is 0.875. The predicted octanol–water partition coefficient (Wildman–Crippen LogP) is 2.99. The number of aromatic nitrogens is 1. The van der Waals surface area contributed by atoms with Crippen LogP contribution >= 0.6 is 23.4 Å². The van der Waals surface area contributed by atoms with Crippen LogP contribution < -0.4 is 0 Å². The van der Waals surface area contributed by atoms with Gasteiger partial charge in [-0.2, -0.15) is 0 Å². The third-order valence-electron chi connectivity index (χ3n) is 1.68. The monoisotopic (exact) mass is 231 g/mol. The highest BCUT2D eigenvalue weighted by atomic mass is 35.5. The Kier molecular flexibility index (Phi) is 4.23. The second kappa shape index (κ2) is 5.01. The number of thioether (sulfide) groups is 1. The van der Waals surface area contributed by atoms with E-state index in [1.54, 1.807) is 31.8 Å². The van der Waals surface area contributed by atoms with Gasteiger partial charge in [0.1, 0.15) is 5.03 Å².